The van der Waals surface area contributed by atoms with E-state index in [-0.39, 0.29) is 5.91 Å². The van der Waals surface area contributed by atoms with Crippen molar-refractivity contribution in [2.24, 2.45) is 5.41 Å². The number of aliphatic carboxylic acids is 1. The maximum absolute atomic E-state index is 12.6. The standard InChI is InChI=1S/C19H25N3O3/c1-2-9-19(18(24)25)10-5-12-22(14-19)17(23)8-7-15-13-21-11-4-3-6-16(21)20-15/h3-4,6,11,13H,2,5,7-10,12,14H2,1H3,(H,24,25)/t19-/m1/s1. The second-order valence-corrected chi connectivity index (χ2v) is 6.95. The molecule has 0 radical (unpaired) electrons. The molecule has 6 heteroatoms. The monoisotopic (exact) mass is 343 g/mol. The number of hydrogen-bond donors (Lipinski definition) is 1. The number of carboxylic acids is 1. The zero-order valence-corrected chi connectivity index (χ0v) is 14.6. The van der Waals surface area contributed by atoms with E-state index < -0.39 is 11.4 Å². The molecule has 0 spiro atoms. The van der Waals surface area contributed by atoms with Crippen molar-refractivity contribution in [2.75, 3.05) is 13.1 Å². The number of piperidine rings is 1. The first-order chi connectivity index (χ1) is 12.0. The summed E-state index contributed by atoms with van der Waals surface area (Å²) in [6, 6.07) is 5.81. The first kappa shape index (κ1) is 17.5. The summed E-state index contributed by atoms with van der Waals surface area (Å²) in [5, 5.41) is 9.66. The molecule has 3 rings (SSSR count). The molecule has 1 fully saturated rings. The van der Waals surface area contributed by atoms with E-state index in [1.165, 1.54) is 0 Å². The predicted molar refractivity (Wildman–Crippen MR) is 94.3 cm³/mol. The van der Waals surface area contributed by atoms with Crippen molar-refractivity contribution in [3.8, 4) is 0 Å². The normalized spacial score (nSPS) is 20.8. The van der Waals surface area contributed by atoms with Crippen LogP contribution in [0.4, 0.5) is 0 Å². The average Bonchev–Trinajstić information content (AvgIpc) is 3.03. The van der Waals surface area contributed by atoms with Gasteiger partial charge in [0.15, 0.2) is 0 Å². The molecule has 1 saturated heterocycles. The van der Waals surface area contributed by atoms with Gasteiger partial charge in [0.1, 0.15) is 5.65 Å². The smallest absolute Gasteiger partial charge is 0.311 e. The van der Waals surface area contributed by atoms with Crippen LogP contribution in [0.15, 0.2) is 30.6 Å². The van der Waals surface area contributed by atoms with Crippen molar-refractivity contribution in [1.29, 1.82) is 0 Å². The molecule has 3 heterocycles. The van der Waals surface area contributed by atoms with Crippen molar-refractivity contribution < 1.29 is 14.7 Å². The van der Waals surface area contributed by atoms with E-state index >= 15 is 0 Å². The highest BCUT2D eigenvalue weighted by Gasteiger charge is 2.42. The molecule has 1 atom stereocenters. The van der Waals surface area contributed by atoms with Crippen molar-refractivity contribution >= 4 is 17.5 Å². The lowest BCUT2D eigenvalue weighted by Gasteiger charge is -2.40. The topological polar surface area (TPSA) is 74.9 Å². The van der Waals surface area contributed by atoms with Gasteiger partial charge >= 0.3 is 5.97 Å². The fourth-order valence-electron chi connectivity index (χ4n) is 3.81. The first-order valence-corrected chi connectivity index (χ1v) is 8.98. The minimum Gasteiger partial charge on any atom is -0.481 e. The van der Waals surface area contributed by atoms with Gasteiger partial charge in [-0.1, -0.05) is 19.4 Å². The third kappa shape index (κ3) is 3.67. The lowest BCUT2D eigenvalue weighted by molar-refractivity contribution is -0.155. The Kier molecular flexibility index (Phi) is 5.06. The number of rotatable bonds is 6. The zero-order chi connectivity index (χ0) is 17.9. The fraction of sp³-hybridized carbons (Fsp3) is 0.526. The van der Waals surface area contributed by atoms with Crippen LogP contribution in [0, 0.1) is 5.41 Å². The van der Waals surface area contributed by atoms with Gasteiger partial charge in [0.2, 0.25) is 5.91 Å². The summed E-state index contributed by atoms with van der Waals surface area (Å²) in [7, 11) is 0. The number of pyridine rings is 1. The average molecular weight is 343 g/mol. The Morgan fingerprint density at radius 2 is 2.20 bits per heavy atom. The van der Waals surface area contributed by atoms with E-state index in [0.717, 1.165) is 24.2 Å². The number of nitrogens with zero attached hydrogens (tertiary/aromatic N) is 3. The van der Waals surface area contributed by atoms with Crippen LogP contribution in [0.5, 0.6) is 0 Å². The predicted octanol–water partition coefficient (Wildman–Crippen LogP) is 2.76. The highest BCUT2D eigenvalue weighted by atomic mass is 16.4. The number of aromatic nitrogens is 2. The quantitative estimate of drug-likeness (QED) is 0.875. The number of amides is 1. The van der Waals surface area contributed by atoms with E-state index in [1.807, 2.05) is 41.9 Å². The Morgan fingerprint density at radius 3 is 2.92 bits per heavy atom. The Morgan fingerprint density at radius 1 is 1.36 bits per heavy atom. The van der Waals surface area contributed by atoms with Gasteiger partial charge in [-0.05, 0) is 37.8 Å². The molecule has 0 saturated carbocycles. The number of carboxylic acid groups (broad SMARTS) is 1. The lowest BCUT2D eigenvalue weighted by atomic mass is 9.76. The zero-order valence-electron chi connectivity index (χ0n) is 14.6. The van der Waals surface area contributed by atoms with E-state index in [0.29, 0.717) is 38.8 Å². The maximum Gasteiger partial charge on any atom is 0.311 e. The second kappa shape index (κ2) is 7.25. The van der Waals surface area contributed by atoms with Gasteiger partial charge in [0.25, 0.3) is 0 Å². The van der Waals surface area contributed by atoms with Crippen molar-refractivity contribution in [3.05, 3.63) is 36.3 Å². The van der Waals surface area contributed by atoms with Crippen molar-refractivity contribution in [3.63, 3.8) is 0 Å². The lowest BCUT2D eigenvalue weighted by Crippen LogP contribution is -2.50. The Hall–Kier alpha value is -2.37. The molecule has 134 valence electrons. The minimum atomic E-state index is -0.772. The molecular formula is C19H25N3O3. The van der Waals surface area contributed by atoms with Crippen LogP contribution in [-0.4, -0.2) is 44.4 Å². The van der Waals surface area contributed by atoms with Crippen LogP contribution < -0.4 is 0 Å². The molecule has 1 aliphatic heterocycles. The molecule has 6 nitrogen and oxygen atoms in total. The Bertz CT molecular complexity index is 733. The van der Waals surface area contributed by atoms with Crippen molar-refractivity contribution in [2.45, 2.75) is 45.4 Å². The second-order valence-electron chi connectivity index (χ2n) is 6.95. The SMILES string of the molecule is CCC[C@@]1(C(=O)O)CCCN(C(=O)CCc2cn3ccccc3n2)C1. The van der Waals surface area contributed by atoms with Gasteiger partial charge < -0.3 is 14.4 Å². The Labute approximate surface area is 147 Å². The summed E-state index contributed by atoms with van der Waals surface area (Å²) in [5.74, 6) is -0.745. The summed E-state index contributed by atoms with van der Waals surface area (Å²) in [5.41, 5.74) is 0.983. The third-order valence-corrected chi connectivity index (χ3v) is 5.12. The summed E-state index contributed by atoms with van der Waals surface area (Å²) in [6.07, 6.45) is 7.67. The van der Waals surface area contributed by atoms with E-state index in [9.17, 15) is 14.7 Å². The molecule has 25 heavy (non-hydrogen) atoms. The van der Waals surface area contributed by atoms with Gasteiger partial charge in [0.05, 0.1) is 11.1 Å². The van der Waals surface area contributed by atoms with Gasteiger partial charge in [-0.25, -0.2) is 4.98 Å². The van der Waals surface area contributed by atoms with Crippen LogP contribution in [0.2, 0.25) is 0 Å². The molecule has 0 unspecified atom stereocenters. The number of likely N-dealkylation sites (tertiary alicyclic amines) is 1. The minimum absolute atomic E-state index is 0.0264. The van der Waals surface area contributed by atoms with Crippen LogP contribution in [0.1, 0.15) is 44.7 Å². The van der Waals surface area contributed by atoms with Gasteiger partial charge in [-0.3, -0.25) is 9.59 Å². The number of aryl methyl sites for hydroxylation is 1. The highest BCUT2D eigenvalue weighted by molar-refractivity contribution is 5.80. The molecule has 0 aliphatic carbocycles. The fourth-order valence-corrected chi connectivity index (χ4v) is 3.81. The van der Waals surface area contributed by atoms with Crippen molar-refractivity contribution in [1.82, 2.24) is 14.3 Å². The molecule has 2 aromatic heterocycles. The molecule has 1 amide bonds. The molecule has 2 aromatic rings. The maximum atomic E-state index is 12.6. The van der Waals surface area contributed by atoms with E-state index in [2.05, 4.69) is 4.98 Å². The van der Waals surface area contributed by atoms with E-state index in [4.69, 9.17) is 0 Å². The first-order valence-electron chi connectivity index (χ1n) is 8.98. The number of carbonyl (C=O) groups is 2. The van der Waals surface area contributed by atoms with Crippen LogP contribution in [0.25, 0.3) is 5.65 Å². The molecule has 0 bridgehead atoms. The summed E-state index contributed by atoms with van der Waals surface area (Å²) >= 11 is 0. The number of imidazole rings is 1. The number of fused-ring (bicyclic) bond motifs is 1. The summed E-state index contributed by atoms with van der Waals surface area (Å²) in [6.45, 7) is 2.98. The molecule has 1 N–H and O–H groups in total. The van der Waals surface area contributed by atoms with Crippen LogP contribution in [0.3, 0.4) is 0 Å². The summed E-state index contributed by atoms with van der Waals surface area (Å²) in [4.78, 5) is 30.6. The van der Waals surface area contributed by atoms with Gasteiger partial charge in [0, 0.05) is 31.9 Å². The van der Waals surface area contributed by atoms with Crippen LogP contribution in [-0.2, 0) is 16.0 Å². The van der Waals surface area contributed by atoms with Crippen LogP contribution >= 0.6 is 0 Å². The van der Waals surface area contributed by atoms with E-state index in [1.54, 1.807) is 4.90 Å². The van der Waals surface area contributed by atoms with Gasteiger partial charge in [-0.2, -0.15) is 0 Å². The highest BCUT2D eigenvalue weighted by Crippen LogP contribution is 2.35. The molecule has 0 aromatic carbocycles. The number of carbonyl (C=O) groups excluding carboxylic acids is 1. The summed E-state index contributed by atoms with van der Waals surface area (Å²) < 4.78 is 1.94. The molecule has 1 aliphatic rings. The number of hydrogen-bond acceptors (Lipinski definition) is 3. The molecular weight excluding hydrogens is 318 g/mol. The largest absolute Gasteiger partial charge is 0.481 e. The third-order valence-electron chi connectivity index (χ3n) is 5.12. The Balaban J connectivity index is 1.63. The van der Waals surface area contributed by atoms with Gasteiger partial charge in [-0.15, -0.1) is 0 Å².